The average Bonchev–Trinajstić information content (AvgIpc) is 2.61. The second kappa shape index (κ2) is 7.41. The van der Waals surface area contributed by atoms with Crippen LogP contribution in [0.25, 0.3) is 0 Å². The molecule has 2 N–H and O–H groups in total. The van der Waals surface area contributed by atoms with E-state index in [0.717, 1.165) is 36.4 Å². The summed E-state index contributed by atoms with van der Waals surface area (Å²) in [5, 5.41) is 0. The normalized spacial score (nSPS) is 17.8. The fraction of sp³-hybridized carbons (Fsp3) is 0.450. The summed E-state index contributed by atoms with van der Waals surface area (Å²) >= 11 is 0. The van der Waals surface area contributed by atoms with Gasteiger partial charge in [0.15, 0.2) is 0 Å². The van der Waals surface area contributed by atoms with E-state index in [4.69, 9.17) is 10.5 Å². The molecule has 1 aromatic heterocycles. The van der Waals surface area contributed by atoms with E-state index in [1.54, 1.807) is 26.2 Å². The lowest BCUT2D eigenvalue weighted by molar-refractivity contribution is -0.137. The highest BCUT2D eigenvalue weighted by atomic mass is 16.5. The number of ether oxygens (including phenoxy) is 1. The Labute approximate surface area is 154 Å². The van der Waals surface area contributed by atoms with Gasteiger partial charge < -0.3 is 15.4 Å². The zero-order chi connectivity index (χ0) is 18.7. The first-order valence-corrected chi connectivity index (χ1v) is 8.97. The Morgan fingerprint density at radius 1 is 1.35 bits per heavy atom. The van der Waals surface area contributed by atoms with Gasteiger partial charge in [-0.2, -0.15) is 0 Å². The van der Waals surface area contributed by atoms with E-state index >= 15 is 0 Å². The van der Waals surface area contributed by atoms with Gasteiger partial charge in [0.25, 0.3) is 0 Å². The number of aryl methyl sites for hydroxylation is 1. The number of hydrogen-bond donors (Lipinski definition) is 1. The van der Waals surface area contributed by atoms with Gasteiger partial charge in [-0.05, 0) is 51.3 Å². The van der Waals surface area contributed by atoms with Crippen molar-refractivity contribution in [3.8, 4) is 11.6 Å². The van der Waals surface area contributed by atoms with Gasteiger partial charge in [-0.3, -0.25) is 9.78 Å². The number of carbonyl (C=O) groups is 1. The number of nitrogens with two attached hydrogens (primary N) is 1. The van der Waals surface area contributed by atoms with Gasteiger partial charge in [0.1, 0.15) is 5.75 Å². The predicted molar refractivity (Wildman–Crippen MR) is 100 cm³/mol. The summed E-state index contributed by atoms with van der Waals surface area (Å²) < 4.78 is 5.85. The molecule has 0 saturated carbocycles. The van der Waals surface area contributed by atoms with E-state index in [9.17, 15) is 4.79 Å². The molecule has 1 fully saturated rings. The van der Waals surface area contributed by atoms with E-state index in [1.807, 2.05) is 36.1 Å². The third-order valence-electron chi connectivity index (χ3n) is 4.52. The number of aromatic nitrogens is 2. The number of rotatable bonds is 4. The average molecular weight is 354 g/mol. The van der Waals surface area contributed by atoms with Crippen LogP contribution in [0.3, 0.4) is 0 Å². The third-order valence-corrected chi connectivity index (χ3v) is 4.52. The zero-order valence-corrected chi connectivity index (χ0v) is 15.6. The molecular formula is C20H26N4O2. The molecule has 6 nitrogen and oxygen atoms in total. The van der Waals surface area contributed by atoms with Gasteiger partial charge >= 0.3 is 0 Å². The predicted octanol–water partition coefficient (Wildman–Crippen LogP) is 3.02. The molecule has 26 heavy (non-hydrogen) atoms. The van der Waals surface area contributed by atoms with Crippen molar-refractivity contribution >= 4 is 5.91 Å². The van der Waals surface area contributed by atoms with Gasteiger partial charge in [-0.25, -0.2) is 4.98 Å². The molecule has 0 spiro atoms. The van der Waals surface area contributed by atoms with Gasteiger partial charge in [0.2, 0.25) is 11.8 Å². The molecular weight excluding hydrogens is 328 g/mol. The van der Waals surface area contributed by atoms with Crippen molar-refractivity contribution in [1.29, 1.82) is 0 Å². The van der Waals surface area contributed by atoms with Crippen molar-refractivity contribution < 1.29 is 9.53 Å². The molecule has 1 amide bonds. The second-order valence-electron chi connectivity index (χ2n) is 7.51. The molecule has 1 saturated heterocycles. The Kier molecular flexibility index (Phi) is 5.23. The molecule has 1 aliphatic rings. The fourth-order valence-electron chi connectivity index (χ4n) is 3.22. The van der Waals surface area contributed by atoms with Crippen LogP contribution < -0.4 is 10.5 Å². The Morgan fingerprint density at radius 3 is 2.88 bits per heavy atom. The molecule has 2 heterocycles. The van der Waals surface area contributed by atoms with Crippen LogP contribution in [0.4, 0.5) is 0 Å². The number of carbonyl (C=O) groups excluding carboxylic acids is 1. The first kappa shape index (κ1) is 18.3. The number of piperidine rings is 1. The lowest BCUT2D eigenvalue weighted by Gasteiger charge is -2.36. The zero-order valence-electron chi connectivity index (χ0n) is 15.6. The van der Waals surface area contributed by atoms with Crippen LogP contribution in [-0.4, -0.2) is 39.4 Å². The van der Waals surface area contributed by atoms with E-state index in [-0.39, 0.29) is 11.8 Å². The van der Waals surface area contributed by atoms with Gasteiger partial charge in [-0.15, -0.1) is 0 Å². The number of amides is 1. The highest BCUT2D eigenvalue weighted by molar-refractivity contribution is 5.85. The molecule has 1 aromatic carbocycles. The summed E-state index contributed by atoms with van der Waals surface area (Å²) in [4.78, 5) is 23.2. The first-order valence-electron chi connectivity index (χ1n) is 8.97. The quantitative estimate of drug-likeness (QED) is 0.913. The Bertz CT molecular complexity index is 785. The second-order valence-corrected chi connectivity index (χ2v) is 7.51. The van der Waals surface area contributed by atoms with E-state index < -0.39 is 5.54 Å². The number of benzene rings is 1. The summed E-state index contributed by atoms with van der Waals surface area (Å²) in [5.41, 5.74) is 7.09. The van der Waals surface area contributed by atoms with Crippen LogP contribution in [0.15, 0.2) is 36.7 Å². The van der Waals surface area contributed by atoms with Crippen molar-refractivity contribution in [3.05, 3.63) is 47.9 Å². The maximum atomic E-state index is 12.5. The smallest absolute Gasteiger partial charge is 0.242 e. The lowest BCUT2D eigenvalue weighted by atomic mass is 9.93. The first-order chi connectivity index (χ1) is 12.3. The monoisotopic (exact) mass is 354 g/mol. The maximum Gasteiger partial charge on any atom is 0.242 e. The van der Waals surface area contributed by atoms with Crippen LogP contribution >= 0.6 is 0 Å². The molecule has 0 radical (unpaired) electrons. The van der Waals surface area contributed by atoms with Crippen LogP contribution in [-0.2, 0) is 4.79 Å². The molecule has 1 atom stereocenters. The van der Waals surface area contributed by atoms with Gasteiger partial charge in [0.05, 0.1) is 17.4 Å². The standard InChI is InChI=1S/C20H26N4O2/c1-14-6-4-8-16(10-14)26-18-12-22-11-17(23-18)15-7-5-9-24(13-15)19(25)20(2,3)21/h4,6,8,10-12,15H,5,7,9,13,21H2,1-3H3. The molecule has 1 unspecified atom stereocenters. The Morgan fingerprint density at radius 2 is 2.15 bits per heavy atom. The Balaban J connectivity index is 1.74. The summed E-state index contributed by atoms with van der Waals surface area (Å²) in [6, 6.07) is 7.81. The molecule has 6 heteroatoms. The molecule has 1 aliphatic heterocycles. The third kappa shape index (κ3) is 4.38. The van der Waals surface area contributed by atoms with Crippen molar-refractivity contribution in [2.24, 2.45) is 5.73 Å². The van der Waals surface area contributed by atoms with Crippen molar-refractivity contribution in [3.63, 3.8) is 0 Å². The number of nitrogens with zero attached hydrogens (tertiary/aromatic N) is 3. The van der Waals surface area contributed by atoms with E-state index in [0.29, 0.717) is 12.4 Å². The SMILES string of the molecule is Cc1cccc(Oc2cncc(C3CCCN(C(=O)C(C)(C)N)C3)n2)c1. The summed E-state index contributed by atoms with van der Waals surface area (Å²) in [7, 11) is 0. The molecule has 2 aromatic rings. The Hall–Kier alpha value is -2.47. The van der Waals surface area contributed by atoms with Crippen LogP contribution in [0.1, 0.15) is 43.9 Å². The van der Waals surface area contributed by atoms with Crippen molar-refractivity contribution in [1.82, 2.24) is 14.9 Å². The van der Waals surface area contributed by atoms with Gasteiger partial charge in [-0.1, -0.05) is 12.1 Å². The minimum absolute atomic E-state index is 0.0256. The summed E-state index contributed by atoms with van der Waals surface area (Å²) in [6.45, 7) is 6.86. The summed E-state index contributed by atoms with van der Waals surface area (Å²) in [6.07, 6.45) is 5.27. The van der Waals surface area contributed by atoms with Crippen molar-refractivity contribution in [2.45, 2.75) is 45.1 Å². The van der Waals surface area contributed by atoms with Crippen LogP contribution in [0.2, 0.25) is 0 Å². The highest BCUT2D eigenvalue weighted by Crippen LogP contribution is 2.28. The highest BCUT2D eigenvalue weighted by Gasteiger charge is 2.32. The largest absolute Gasteiger partial charge is 0.437 e. The lowest BCUT2D eigenvalue weighted by Crippen LogP contribution is -2.53. The van der Waals surface area contributed by atoms with Crippen LogP contribution in [0.5, 0.6) is 11.6 Å². The molecule has 0 bridgehead atoms. The maximum absolute atomic E-state index is 12.5. The van der Waals surface area contributed by atoms with E-state index in [1.165, 1.54) is 0 Å². The molecule has 138 valence electrons. The minimum Gasteiger partial charge on any atom is -0.437 e. The molecule has 0 aliphatic carbocycles. The topological polar surface area (TPSA) is 81.3 Å². The number of hydrogen-bond acceptors (Lipinski definition) is 5. The van der Waals surface area contributed by atoms with Crippen molar-refractivity contribution in [2.75, 3.05) is 13.1 Å². The minimum atomic E-state index is -0.857. The fourth-order valence-corrected chi connectivity index (χ4v) is 3.22. The molecule has 3 rings (SSSR count). The number of likely N-dealkylation sites (tertiary alicyclic amines) is 1. The van der Waals surface area contributed by atoms with Crippen LogP contribution in [0, 0.1) is 6.92 Å². The summed E-state index contributed by atoms with van der Waals surface area (Å²) in [5.74, 6) is 1.32. The van der Waals surface area contributed by atoms with Gasteiger partial charge in [0, 0.05) is 25.2 Å². The van der Waals surface area contributed by atoms with E-state index in [2.05, 4.69) is 9.97 Å².